The summed E-state index contributed by atoms with van der Waals surface area (Å²) in [6.45, 7) is 3.62. The molecule has 1 aliphatic rings. The van der Waals surface area contributed by atoms with Crippen LogP contribution in [-0.4, -0.2) is 33.9 Å². The summed E-state index contributed by atoms with van der Waals surface area (Å²) in [7, 11) is 0. The fourth-order valence-corrected chi connectivity index (χ4v) is 4.54. The third-order valence-corrected chi connectivity index (χ3v) is 6.34. The van der Waals surface area contributed by atoms with Crippen molar-refractivity contribution in [2.24, 2.45) is 0 Å². The van der Waals surface area contributed by atoms with Gasteiger partial charge in [-0.05, 0) is 56.0 Å². The Balaban J connectivity index is 1.61. The van der Waals surface area contributed by atoms with Crippen LogP contribution in [0.1, 0.15) is 61.5 Å². The predicted octanol–water partition coefficient (Wildman–Crippen LogP) is 4.24. The molecule has 2 aromatic heterocycles. The lowest BCUT2D eigenvalue weighted by molar-refractivity contribution is -0.127. The van der Waals surface area contributed by atoms with Crippen LogP contribution < -0.4 is 15.5 Å². The first-order chi connectivity index (χ1) is 17.4. The Morgan fingerprint density at radius 3 is 2.44 bits per heavy atom. The second-order valence-corrected chi connectivity index (χ2v) is 9.09. The number of aromatic nitrogens is 2. The van der Waals surface area contributed by atoms with Gasteiger partial charge in [-0.1, -0.05) is 36.2 Å². The molecule has 3 aromatic rings. The van der Waals surface area contributed by atoms with Gasteiger partial charge in [0.05, 0.1) is 0 Å². The molecule has 0 unspecified atom stereocenters. The monoisotopic (exact) mass is 489 g/mol. The van der Waals surface area contributed by atoms with Crippen molar-refractivity contribution < 1.29 is 18.9 Å². The molecule has 1 atom stereocenters. The van der Waals surface area contributed by atoms with Gasteiger partial charge in [-0.3, -0.25) is 24.3 Å². The van der Waals surface area contributed by atoms with Crippen LogP contribution in [0.15, 0.2) is 59.4 Å². The Morgan fingerprint density at radius 2 is 1.78 bits per heavy atom. The first kappa shape index (κ1) is 25.1. The third kappa shape index (κ3) is 6.16. The number of rotatable bonds is 9. The van der Waals surface area contributed by atoms with E-state index in [9.17, 15) is 14.4 Å². The van der Waals surface area contributed by atoms with Gasteiger partial charge in [-0.15, -0.1) is 0 Å². The second kappa shape index (κ2) is 11.6. The van der Waals surface area contributed by atoms with E-state index in [1.165, 1.54) is 4.90 Å². The zero-order chi connectivity index (χ0) is 25.5. The summed E-state index contributed by atoms with van der Waals surface area (Å²) in [6.07, 6.45) is 7.06. The van der Waals surface area contributed by atoms with Crippen LogP contribution >= 0.6 is 0 Å². The smallest absolute Gasteiger partial charge is 0.248 e. The van der Waals surface area contributed by atoms with Gasteiger partial charge in [0.15, 0.2) is 5.82 Å². The number of amides is 3. The number of hydrogen-bond donors (Lipinski definition) is 2. The minimum Gasteiger partial charge on any atom is -0.360 e. The molecular formula is C27H31N5O4. The van der Waals surface area contributed by atoms with Crippen molar-refractivity contribution in [1.29, 1.82) is 0 Å². The summed E-state index contributed by atoms with van der Waals surface area (Å²) in [5.74, 6) is -0.0736. The van der Waals surface area contributed by atoms with E-state index in [1.807, 2.05) is 31.2 Å². The number of para-hydroxylation sites is 1. The Bertz CT molecular complexity index is 1200. The zero-order valence-corrected chi connectivity index (χ0v) is 20.6. The first-order valence-corrected chi connectivity index (χ1v) is 12.2. The molecular weight excluding hydrogens is 458 g/mol. The highest BCUT2D eigenvalue weighted by atomic mass is 16.5. The van der Waals surface area contributed by atoms with E-state index in [4.69, 9.17) is 4.52 Å². The normalized spacial score (nSPS) is 14.3. The first-order valence-electron chi connectivity index (χ1n) is 12.2. The molecule has 3 amide bonds. The van der Waals surface area contributed by atoms with Crippen LogP contribution in [0.3, 0.4) is 0 Å². The highest BCUT2D eigenvalue weighted by molar-refractivity contribution is 6.03. The van der Waals surface area contributed by atoms with E-state index in [0.717, 1.165) is 31.2 Å². The molecule has 1 aliphatic carbocycles. The van der Waals surface area contributed by atoms with Crippen LogP contribution in [0.25, 0.3) is 0 Å². The molecule has 0 spiro atoms. The average molecular weight is 490 g/mol. The number of benzene rings is 1. The Morgan fingerprint density at radius 1 is 1.06 bits per heavy atom. The lowest BCUT2D eigenvalue weighted by Crippen LogP contribution is -2.46. The van der Waals surface area contributed by atoms with Gasteiger partial charge in [0.25, 0.3) is 0 Å². The molecule has 0 saturated heterocycles. The molecule has 188 valence electrons. The maximum Gasteiger partial charge on any atom is 0.248 e. The van der Waals surface area contributed by atoms with E-state index in [0.29, 0.717) is 22.8 Å². The summed E-state index contributed by atoms with van der Waals surface area (Å²) in [5.41, 5.74) is 2.12. The van der Waals surface area contributed by atoms with Crippen molar-refractivity contribution >= 4 is 29.2 Å². The number of pyridine rings is 1. The molecule has 4 rings (SSSR count). The molecule has 36 heavy (non-hydrogen) atoms. The molecule has 1 saturated carbocycles. The Kier molecular flexibility index (Phi) is 8.10. The van der Waals surface area contributed by atoms with E-state index >= 15 is 0 Å². The summed E-state index contributed by atoms with van der Waals surface area (Å²) < 4.78 is 4.97. The zero-order valence-electron chi connectivity index (χ0n) is 20.6. The van der Waals surface area contributed by atoms with E-state index in [2.05, 4.69) is 20.8 Å². The van der Waals surface area contributed by atoms with Crippen molar-refractivity contribution in [3.05, 3.63) is 71.7 Å². The predicted molar refractivity (Wildman–Crippen MR) is 135 cm³/mol. The average Bonchev–Trinajstić information content (AvgIpc) is 3.53. The molecule has 1 aromatic carbocycles. The number of anilines is 2. The molecule has 0 bridgehead atoms. The molecule has 2 heterocycles. The Labute approximate surface area is 210 Å². The van der Waals surface area contributed by atoms with E-state index < -0.39 is 6.04 Å². The molecule has 9 heteroatoms. The van der Waals surface area contributed by atoms with Crippen LogP contribution in [0.5, 0.6) is 0 Å². The fraction of sp³-hybridized carbons (Fsp3) is 0.370. The lowest BCUT2D eigenvalue weighted by atomic mass is 10.0. The third-order valence-electron chi connectivity index (χ3n) is 6.34. The van der Waals surface area contributed by atoms with Crippen molar-refractivity contribution in [2.75, 3.05) is 10.2 Å². The largest absolute Gasteiger partial charge is 0.360 e. The van der Waals surface area contributed by atoms with Gasteiger partial charge in [0.1, 0.15) is 11.8 Å². The maximum absolute atomic E-state index is 13.7. The Hall–Kier alpha value is -4.01. The van der Waals surface area contributed by atoms with Gasteiger partial charge in [-0.25, -0.2) is 0 Å². The van der Waals surface area contributed by atoms with Gasteiger partial charge in [-0.2, -0.15) is 0 Å². The van der Waals surface area contributed by atoms with Crippen LogP contribution in [0.2, 0.25) is 0 Å². The van der Waals surface area contributed by atoms with Crippen molar-refractivity contribution in [3.63, 3.8) is 0 Å². The van der Waals surface area contributed by atoms with Gasteiger partial charge < -0.3 is 15.2 Å². The van der Waals surface area contributed by atoms with E-state index in [1.54, 1.807) is 37.5 Å². The topological polar surface area (TPSA) is 117 Å². The summed E-state index contributed by atoms with van der Waals surface area (Å²) in [5, 5.41) is 9.54. The summed E-state index contributed by atoms with van der Waals surface area (Å²) in [6, 6.07) is 11.7. The van der Waals surface area contributed by atoms with Crippen LogP contribution in [0.4, 0.5) is 11.5 Å². The molecule has 2 N–H and O–H groups in total. The summed E-state index contributed by atoms with van der Waals surface area (Å²) in [4.78, 5) is 45.5. The minimum atomic E-state index is -0.900. The minimum absolute atomic E-state index is 0.0690. The van der Waals surface area contributed by atoms with Crippen molar-refractivity contribution in [2.45, 2.75) is 64.5 Å². The number of hydrogen-bond acceptors (Lipinski definition) is 6. The van der Waals surface area contributed by atoms with Crippen LogP contribution in [-0.2, 0) is 14.4 Å². The molecule has 9 nitrogen and oxygen atoms in total. The standard InChI is InChI=1S/C27H31N5O4/c1-18-7-3-6-10-22(18)32(25(34)12-11-24(33)30-23-17-19(2)36-31-23)26(20-13-15-28-16-14-20)27(35)29-21-8-4-5-9-21/h3,6-7,10,13-17,21,26H,4-5,8-9,11-12H2,1-2H3,(H,29,35)(H,30,31,33)/t26-/m0/s1. The molecule has 0 aliphatic heterocycles. The van der Waals surface area contributed by atoms with Crippen molar-refractivity contribution in [3.8, 4) is 0 Å². The fourth-order valence-electron chi connectivity index (χ4n) is 4.54. The quantitative estimate of drug-likeness (QED) is 0.464. The number of nitrogens with one attached hydrogen (secondary N) is 2. The number of aryl methyl sites for hydroxylation is 2. The van der Waals surface area contributed by atoms with E-state index in [-0.39, 0.29) is 36.6 Å². The second-order valence-electron chi connectivity index (χ2n) is 9.09. The number of carbonyl (C=O) groups excluding carboxylic acids is 3. The SMILES string of the molecule is Cc1cc(NC(=O)CCC(=O)N(c2ccccc2C)[C@H](C(=O)NC2CCCC2)c2ccncc2)no1. The van der Waals surface area contributed by atoms with Gasteiger partial charge in [0, 0.05) is 43.0 Å². The van der Waals surface area contributed by atoms with Gasteiger partial charge in [0.2, 0.25) is 17.7 Å². The maximum atomic E-state index is 13.7. The summed E-state index contributed by atoms with van der Waals surface area (Å²) >= 11 is 0. The molecule has 1 fully saturated rings. The molecule has 0 radical (unpaired) electrons. The van der Waals surface area contributed by atoms with Crippen molar-refractivity contribution in [1.82, 2.24) is 15.5 Å². The lowest BCUT2D eigenvalue weighted by Gasteiger charge is -2.33. The highest BCUT2D eigenvalue weighted by Crippen LogP contribution is 2.32. The highest BCUT2D eigenvalue weighted by Gasteiger charge is 2.34. The number of carbonyl (C=O) groups is 3. The van der Waals surface area contributed by atoms with Gasteiger partial charge >= 0.3 is 0 Å². The van der Waals surface area contributed by atoms with Crippen LogP contribution in [0, 0.1) is 13.8 Å². The number of nitrogens with zero attached hydrogens (tertiary/aromatic N) is 3.